The van der Waals surface area contributed by atoms with Gasteiger partial charge < -0.3 is 10.1 Å². The van der Waals surface area contributed by atoms with Crippen LogP contribution in [0.1, 0.15) is 22.2 Å². The van der Waals surface area contributed by atoms with Gasteiger partial charge in [0.2, 0.25) is 10.2 Å². The van der Waals surface area contributed by atoms with E-state index in [0.29, 0.717) is 34.6 Å². The SMILES string of the molecule is NS(=O)(=O)c1nc2ccc(OCc3cn(C(Cc4ccccc4)C(=O)NCc4ccc(-c5ccccn5)s4)nn3)cc2s1. The minimum absolute atomic E-state index is 0.0948. The number of ether oxygens (including phenoxy) is 1. The molecule has 0 radical (unpaired) electrons. The first kappa shape index (κ1) is 28.6. The fourth-order valence-corrected chi connectivity index (χ4v) is 6.95. The molecule has 0 aliphatic rings. The van der Waals surface area contributed by atoms with Crippen molar-refractivity contribution in [2.45, 2.75) is 30.0 Å². The van der Waals surface area contributed by atoms with Gasteiger partial charge in [0.05, 0.1) is 33.5 Å². The second-order valence-electron chi connectivity index (χ2n) is 9.54. The molecule has 0 fully saturated rings. The summed E-state index contributed by atoms with van der Waals surface area (Å²) in [6, 6.07) is 23.9. The van der Waals surface area contributed by atoms with Crippen molar-refractivity contribution in [1.82, 2.24) is 30.3 Å². The van der Waals surface area contributed by atoms with Crippen LogP contribution in [-0.4, -0.2) is 39.3 Å². The molecule has 6 rings (SSSR count). The van der Waals surface area contributed by atoms with Crippen LogP contribution in [0.4, 0.5) is 0 Å². The number of hydrogen-bond donors (Lipinski definition) is 2. The molecule has 11 nitrogen and oxygen atoms in total. The summed E-state index contributed by atoms with van der Waals surface area (Å²) in [5.74, 6) is 0.321. The molecule has 0 aliphatic carbocycles. The zero-order chi connectivity index (χ0) is 29.8. The molecule has 218 valence electrons. The van der Waals surface area contributed by atoms with E-state index in [9.17, 15) is 13.2 Å². The summed E-state index contributed by atoms with van der Waals surface area (Å²) in [5, 5.41) is 16.7. The van der Waals surface area contributed by atoms with Crippen LogP contribution < -0.4 is 15.2 Å². The number of amides is 1. The average molecular weight is 632 g/mol. The third-order valence-corrected chi connectivity index (χ3v) is 9.88. The van der Waals surface area contributed by atoms with Crippen molar-refractivity contribution >= 4 is 48.8 Å². The second-order valence-corrected chi connectivity index (χ2v) is 13.5. The number of hydrogen-bond acceptors (Lipinski definition) is 10. The smallest absolute Gasteiger partial charge is 0.265 e. The number of rotatable bonds is 11. The van der Waals surface area contributed by atoms with Gasteiger partial charge in [0.1, 0.15) is 24.1 Å². The van der Waals surface area contributed by atoms with Crippen molar-refractivity contribution in [2.75, 3.05) is 0 Å². The molecule has 1 atom stereocenters. The Morgan fingerprint density at radius 1 is 1.02 bits per heavy atom. The number of carbonyl (C=O) groups is 1. The van der Waals surface area contributed by atoms with Crippen molar-refractivity contribution in [2.24, 2.45) is 5.14 Å². The van der Waals surface area contributed by atoms with E-state index in [1.54, 1.807) is 46.6 Å². The van der Waals surface area contributed by atoms with E-state index in [0.717, 1.165) is 32.3 Å². The molecule has 0 saturated carbocycles. The lowest BCUT2D eigenvalue weighted by Crippen LogP contribution is -2.33. The Balaban J connectivity index is 1.14. The van der Waals surface area contributed by atoms with Crippen molar-refractivity contribution in [3.8, 4) is 16.3 Å². The second kappa shape index (κ2) is 12.4. The number of benzene rings is 2. The molecule has 3 N–H and O–H groups in total. The number of primary sulfonamides is 1. The number of carbonyl (C=O) groups excluding carboxylic acids is 1. The van der Waals surface area contributed by atoms with Gasteiger partial charge in [-0.15, -0.1) is 27.8 Å². The lowest BCUT2D eigenvalue weighted by molar-refractivity contribution is -0.124. The maximum absolute atomic E-state index is 13.5. The molecular weight excluding hydrogens is 607 g/mol. The maximum atomic E-state index is 13.5. The van der Waals surface area contributed by atoms with Crippen LogP contribution >= 0.6 is 22.7 Å². The molecule has 0 saturated heterocycles. The highest BCUT2D eigenvalue weighted by Crippen LogP contribution is 2.29. The minimum Gasteiger partial charge on any atom is -0.487 e. The zero-order valence-electron chi connectivity index (χ0n) is 22.5. The van der Waals surface area contributed by atoms with Gasteiger partial charge in [0.25, 0.3) is 10.0 Å². The first-order valence-electron chi connectivity index (χ1n) is 13.1. The molecule has 4 aromatic heterocycles. The fourth-order valence-electron chi connectivity index (χ4n) is 4.34. The third kappa shape index (κ3) is 6.94. The highest BCUT2D eigenvalue weighted by atomic mass is 32.2. The van der Waals surface area contributed by atoms with E-state index in [1.165, 1.54) is 0 Å². The Hall–Kier alpha value is -4.50. The average Bonchev–Trinajstić information content (AvgIpc) is 3.78. The molecule has 0 aliphatic heterocycles. The molecule has 4 heterocycles. The summed E-state index contributed by atoms with van der Waals surface area (Å²) >= 11 is 2.56. The summed E-state index contributed by atoms with van der Waals surface area (Å²) in [6.45, 7) is 0.469. The van der Waals surface area contributed by atoms with Gasteiger partial charge in [-0.3, -0.25) is 9.78 Å². The van der Waals surface area contributed by atoms with Crippen LogP contribution in [0.3, 0.4) is 0 Å². The predicted octanol–water partition coefficient (Wildman–Crippen LogP) is 4.34. The van der Waals surface area contributed by atoms with Gasteiger partial charge in [0, 0.05) is 17.5 Å². The third-order valence-electron chi connectivity index (χ3n) is 6.44. The number of nitrogens with zero attached hydrogens (tertiary/aromatic N) is 5. The number of thiophene rings is 1. The largest absolute Gasteiger partial charge is 0.487 e. The first-order chi connectivity index (χ1) is 20.8. The van der Waals surface area contributed by atoms with Crippen LogP contribution in [0, 0.1) is 0 Å². The molecule has 43 heavy (non-hydrogen) atoms. The fraction of sp³-hybridized carbons (Fsp3) is 0.138. The van der Waals surface area contributed by atoms with E-state index in [2.05, 4.69) is 25.6 Å². The lowest BCUT2D eigenvalue weighted by Gasteiger charge is -2.17. The van der Waals surface area contributed by atoms with Crippen molar-refractivity contribution in [3.05, 3.63) is 107 Å². The topological polar surface area (TPSA) is 155 Å². The molecule has 1 amide bonds. The number of sulfonamides is 1. The normalized spacial score (nSPS) is 12.3. The van der Waals surface area contributed by atoms with Crippen LogP contribution in [0.25, 0.3) is 20.8 Å². The number of fused-ring (bicyclic) bond motifs is 1. The molecule has 1 unspecified atom stereocenters. The van der Waals surface area contributed by atoms with E-state index >= 15 is 0 Å². The Bertz CT molecular complexity index is 1970. The van der Waals surface area contributed by atoms with Crippen LogP contribution in [0.15, 0.2) is 95.6 Å². The van der Waals surface area contributed by atoms with E-state index in [-0.39, 0.29) is 16.9 Å². The lowest BCUT2D eigenvalue weighted by atomic mass is 10.1. The van der Waals surface area contributed by atoms with Gasteiger partial charge in [-0.2, -0.15) is 0 Å². The zero-order valence-corrected chi connectivity index (χ0v) is 25.0. The highest BCUT2D eigenvalue weighted by molar-refractivity contribution is 7.91. The van der Waals surface area contributed by atoms with Crippen LogP contribution in [-0.2, 0) is 34.4 Å². The van der Waals surface area contributed by atoms with Gasteiger partial charge in [-0.1, -0.05) is 41.6 Å². The number of nitrogens with two attached hydrogens (primary N) is 1. The number of thiazole rings is 1. The summed E-state index contributed by atoms with van der Waals surface area (Å²) < 4.78 is 31.2. The van der Waals surface area contributed by atoms with Crippen LogP contribution in [0.5, 0.6) is 5.75 Å². The number of nitrogens with one attached hydrogen (secondary N) is 1. The Morgan fingerprint density at radius 3 is 2.65 bits per heavy atom. The predicted molar refractivity (Wildman–Crippen MR) is 164 cm³/mol. The summed E-state index contributed by atoms with van der Waals surface area (Å²) in [6.07, 6.45) is 3.88. The summed E-state index contributed by atoms with van der Waals surface area (Å²) in [5.41, 5.74) is 2.92. The van der Waals surface area contributed by atoms with Gasteiger partial charge in [-0.05, 0) is 48.0 Å². The number of aromatic nitrogens is 5. The minimum atomic E-state index is -3.89. The standard InChI is InChI=1S/C29H25N7O4S3/c30-43(38,39)29-33-24-11-9-21(15-27(24)42-29)40-18-20-17-36(35-34-20)25(14-19-6-2-1-3-7-19)28(37)32-16-22-10-12-26(41-22)23-8-4-5-13-31-23/h1-13,15,17,25H,14,16,18H2,(H,32,37)(H2,30,38,39). The van der Waals surface area contributed by atoms with E-state index < -0.39 is 16.1 Å². The monoisotopic (exact) mass is 631 g/mol. The molecule has 2 aromatic carbocycles. The highest BCUT2D eigenvalue weighted by Gasteiger charge is 2.23. The van der Waals surface area contributed by atoms with Gasteiger partial charge in [-0.25, -0.2) is 23.2 Å². The Morgan fingerprint density at radius 2 is 1.86 bits per heavy atom. The van der Waals surface area contributed by atoms with Crippen molar-refractivity contribution < 1.29 is 17.9 Å². The molecule has 0 spiro atoms. The number of pyridine rings is 1. The van der Waals surface area contributed by atoms with Crippen molar-refractivity contribution in [1.29, 1.82) is 0 Å². The molecule has 6 aromatic rings. The van der Waals surface area contributed by atoms with E-state index in [4.69, 9.17) is 9.88 Å². The molecule has 14 heteroatoms. The summed E-state index contributed by atoms with van der Waals surface area (Å²) in [7, 11) is -3.89. The summed E-state index contributed by atoms with van der Waals surface area (Å²) in [4.78, 5) is 24.0. The molecule has 0 bridgehead atoms. The van der Waals surface area contributed by atoms with Gasteiger partial charge in [0.15, 0.2) is 0 Å². The van der Waals surface area contributed by atoms with Crippen LogP contribution in [0.2, 0.25) is 0 Å². The Kier molecular flexibility index (Phi) is 8.24. The van der Waals surface area contributed by atoms with Crippen molar-refractivity contribution in [3.63, 3.8) is 0 Å². The van der Waals surface area contributed by atoms with Gasteiger partial charge >= 0.3 is 0 Å². The quantitative estimate of drug-likeness (QED) is 0.214. The maximum Gasteiger partial charge on any atom is 0.265 e. The molecular formula is C29H25N7O4S3. The Labute approximate surface area is 255 Å². The van der Waals surface area contributed by atoms with E-state index in [1.807, 2.05) is 60.7 Å². The first-order valence-corrected chi connectivity index (χ1v) is 16.3.